The van der Waals surface area contributed by atoms with Gasteiger partial charge in [-0.05, 0) is 71.6 Å². The minimum absolute atomic E-state index is 0.00576. The Morgan fingerprint density at radius 2 is 2.00 bits per heavy atom. The number of halogens is 1. The molecule has 1 saturated heterocycles. The van der Waals surface area contributed by atoms with Crippen molar-refractivity contribution >= 4 is 43.5 Å². The average molecular weight is 494 g/mol. The van der Waals surface area contributed by atoms with Gasteiger partial charge in [0, 0.05) is 36.1 Å². The zero-order valence-electron chi connectivity index (χ0n) is 16.7. The number of hydrogen-bond donors (Lipinski definition) is 2. The Kier molecular flexibility index (Phi) is 7.14. The molecule has 0 saturated carbocycles. The number of benzene rings is 2. The van der Waals surface area contributed by atoms with Gasteiger partial charge >= 0.3 is 0 Å². The van der Waals surface area contributed by atoms with Crippen molar-refractivity contribution in [2.45, 2.75) is 31.1 Å². The molecule has 2 aromatic rings. The quantitative estimate of drug-likeness (QED) is 0.551. The number of amides is 2. The third-order valence-electron chi connectivity index (χ3n) is 4.83. The Balaban J connectivity index is 1.62. The van der Waals surface area contributed by atoms with E-state index in [9.17, 15) is 18.0 Å². The molecule has 1 aliphatic heterocycles. The van der Waals surface area contributed by atoms with Crippen molar-refractivity contribution in [2.24, 2.45) is 0 Å². The third-order valence-corrected chi connectivity index (χ3v) is 6.89. The van der Waals surface area contributed by atoms with E-state index in [0.29, 0.717) is 36.1 Å². The third kappa shape index (κ3) is 5.60. The van der Waals surface area contributed by atoms with Gasteiger partial charge in [-0.15, -0.1) is 0 Å². The molecule has 1 fully saturated rings. The fourth-order valence-electron chi connectivity index (χ4n) is 3.24. The molecule has 3 rings (SSSR count). The maximum atomic E-state index is 12.8. The smallest absolute Gasteiger partial charge is 0.261 e. The summed E-state index contributed by atoms with van der Waals surface area (Å²) < 4.78 is 28.7. The maximum Gasteiger partial charge on any atom is 0.261 e. The molecule has 7 nitrogen and oxygen atoms in total. The molecule has 0 bridgehead atoms. The average Bonchev–Trinajstić information content (AvgIpc) is 3.12. The molecule has 9 heteroatoms. The van der Waals surface area contributed by atoms with Gasteiger partial charge in [-0.2, -0.15) is 0 Å². The molecule has 1 heterocycles. The van der Waals surface area contributed by atoms with E-state index < -0.39 is 10.0 Å². The maximum absolute atomic E-state index is 12.8. The van der Waals surface area contributed by atoms with Crippen molar-refractivity contribution in [3.63, 3.8) is 0 Å². The van der Waals surface area contributed by atoms with Crippen LogP contribution in [-0.4, -0.2) is 44.8 Å². The number of anilines is 1. The first-order valence-corrected chi connectivity index (χ1v) is 12.0. The van der Waals surface area contributed by atoms with Gasteiger partial charge in [-0.25, -0.2) is 8.42 Å². The molecule has 30 heavy (non-hydrogen) atoms. The Hall–Kier alpha value is -2.39. The minimum atomic E-state index is -3.86. The van der Waals surface area contributed by atoms with Gasteiger partial charge in [0.25, 0.3) is 15.9 Å². The molecule has 2 N–H and O–H groups in total. The summed E-state index contributed by atoms with van der Waals surface area (Å²) in [5.41, 5.74) is 1.61. The number of sulfonamides is 1. The molecule has 0 aromatic heterocycles. The number of nitrogens with zero attached hydrogens (tertiary/aromatic N) is 1. The molecule has 0 aliphatic carbocycles. The van der Waals surface area contributed by atoms with E-state index >= 15 is 0 Å². The summed E-state index contributed by atoms with van der Waals surface area (Å²) >= 11 is 3.34. The van der Waals surface area contributed by atoms with E-state index in [-0.39, 0.29) is 22.3 Å². The lowest BCUT2D eigenvalue weighted by atomic mass is 10.2. The highest BCUT2D eigenvalue weighted by Crippen LogP contribution is 2.26. The second-order valence-electron chi connectivity index (χ2n) is 7.21. The van der Waals surface area contributed by atoms with Crippen LogP contribution in [0.25, 0.3) is 0 Å². The Labute approximate surface area is 185 Å². The normalized spacial score (nSPS) is 14.1. The molecule has 0 atom stereocenters. The molecule has 0 radical (unpaired) electrons. The minimum Gasteiger partial charge on any atom is -0.352 e. The summed E-state index contributed by atoms with van der Waals surface area (Å²) in [6.07, 6.45) is 2.14. The van der Waals surface area contributed by atoms with E-state index in [2.05, 4.69) is 26.0 Å². The predicted octanol–water partition coefficient (Wildman–Crippen LogP) is 3.30. The second-order valence-corrected chi connectivity index (χ2v) is 9.75. The largest absolute Gasteiger partial charge is 0.352 e. The molecule has 2 aromatic carbocycles. The Morgan fingerprint density at radius 3 is 2.73 bits per heavy atom. The number of nitrogens with one attached hydrogen (secondary N) is 2. The second kappa shape index (κ2) is 9.61. The first-order valence-electron chi connectivity index (χ1n) is 9.71. The van der Waals surface area contributed by atoms with Crippen LogP contribution < -0.4 is 10.0 Å². The van der Waals surface area contributed by atoms with Gasteiger partial charge < -0.3 is 10.2 Å². The Bertz CT molecular complexity index is 1060. The predicted molar refractivity (Wildman–Crippen MR) is 119 cm³/mol. The lowest BCUT2D eigenvalue weighted by Crippen LogP contribution is -2.30. The van der Waals surface area contributed by atoms with Crippen LogP contribution in [0.4, 0.5) is 5.69 Å². The van der Waals surface area contributed by atoms with Crippen LogP contribution >= 0.6 is 15.9 Å². The van der Waals surface area contributed by atoms with E-state index in [1.165, 1.54) is 18.2 Å². The van der Waals surface area contributed by atoms with Crippen LogP contribution in [-0.2, 0) is 14.8 Å². The number of carbonyl (C=O) groups is 2. The fourth-order valence-corrected chi connectivity index (χ4v) is 4.83. The van der Waals surface area contributed by atoms with Crippen LogP contribution in [0.1, 0.15) is 35.2 Å². The summed E-state index contributed by atoms with van der Waals surface area (Å²) in [6, 6.07) is 11.3. The van der Waals surface area contributed by atoms with Gasteiger partial charge in [-0.1, -0.05) is 12.1 Å². The van der Waals surface area contributed by atoms with Gasteiger partial charge in [0.1, 0.15) is 0 Å². The van der Waals surface area contributed by atoms with Crippen molar-refractivity contribution in [3.05, 3.63) is 58.1 Å². The zero-order valence-corrected chi connectivity index (χ0v) is 19.1. The highest BCUT2D eigenvalue weighted by molar-refractivity contribution is 9.10. The summed E-state index contributed by atoms with van der Waals surface area (Å²) in [7, 11) is -3.86. The van der Waals surface area contributed by atoms with Gasteiger partial charge in [0.05, 0.1) is 10.6 Å². The molecule has 1 aliphatic rings. The van der Waals surface area contributed by atoms with Gasteiger partial charge in [0.15, 0.2) is 0 Å². The van der Waals surface area contributed by atoms with Crippen molar-refractivity contribution in [3.8, 4) is 0 Å². The molecular weight excluding hydrogens is 470 g/mol. The van der Waals surface area contributed by atoms with Crippen molar-refractivity contribution < 1.29 is 18.0 Å². The van der Waals surface area contributed by atoms with Crippen LogP contribution in [0.15, 0.2) is 51.8 Å². The summed E-state index contributed by atoms with van der Waals surface area (Å²) in [5.74, 6) is -0.191. The molecular formula is C21H24BrN3O4S. The van der Waals surface area contributed by atoms with Crippen LogP contribution in [0.5, 0.6) is 0 Å². The molecule has 2 amide bonds. The summed E-state index contributed by atoms with van der Waals surface area (Å²) in [4.78, 5) is 25.8. The van der Waals surface area contributed by atoms with Crippen LogP contribution in [0.3, 0.4) is 0 Å². The van der Waals surface area contributed by atoms with E-state index in [0.717, 1.165) is 18.5 Å². The van der Waals surface area contributed by atoms with Crippen molar-refractivity contribution in [1.82, 2.24) is 10.2 Å². The number of rotatable bonds is 8. The first-order chi connectivity index (χ1) is 14.3. The van der Waals surface area contributed by atoms with Gasteiger partial charge in [-0.3, -0.25) is 14.3 Å². The molecule has 0 spiro atoms. The van der Waals surface area contributed by atoms with E-state index in [1.54, 1.807) is 23.1 Å². The van der Waals surface area contributed by atoms with Crippen LogP contribution in [0, 0.1) is 6.92 Å². The van der Waals surface area contributed by atoms with Crippen molar-refractivity contribution in [1.29, 1.82) is 0 Å². The van der Waals surface area contributed by atoms with E-state index in [1.807, 2.05) is 13.0 Å². The van der Waals surface area contributed by atoms with Crippen LogP contribution in [0.2, 0.25) is 0 Å². The van der Waals surface area contributed by atoms with E-state index in [4.69, 9.17) is 0 Å². The lowest BCUT2D eigenvalue weighted by Gasteiger charge is -2.15. The lowest BCUT2D eigenvalue weighted by molar-refractivity contribution is -0.127. The Morgan fingerprint density at radius 1 is 1.20 bits per heavy atom. The fraction of sp³-hybridized carbons (Fsp3) is 0.333. The summed E-state index contributed by atoms with van der Waals surface area (Å²) in [5, 5.41) is 2.78. The number of carbonyl (C=O) groups excluding carboxylic acids is 2. The summed E-state index contributed by atoms with van der Waals surface area (Å²) in [6.45, 7) is 3.67. The number of likely N-dealkylation sites (tertiary alicyclic amines) is 1. The highest BCUT2D eigenvalue weighted by Gasteiger charge is 2.20. The standard InChI is InChI=1S/C21H24BrN3O4S/c1-15-8-9-18(22)19(13-15)24-30(28,29)17-6-2-5-16(14-17)21(27)23-10-4-12-25-11-3-7-20(25)26/h2,5-6,8-9,13-14,24H,3-4,7,10-12H2,1H3,(H,23,27). The zero-order chi connectivity index (χ0) is 21.7. The van der Waals surface area contributed by atoms with Gasteiger partial charge in [0.2, 0.25) is 5.91 Å². The molecule has 0 unspecified atom stereocenters. The number of aryl methyl sites for hydroxylation is 1. The number of hydrogen-bond acceptors (Lipinski definition) is 4. The SMILES string of the molecule is Cc1ccc(Br)c(NS(=O)(=O)c2cccc(C(=O)NCCCN3CCCC3=O)c2)c1. The topological polar surface area (TPSA) is 95.6 Å². The molecule has 160 valence electrons. The monoisotopic (exact) mass is 493 g/mol. The first kappa shape index (κ1) is 22.3. The van der Waals surface area contributed by atoms with Crippen molar-refractivity contribution in [2.75, 3.05) is 24.4 Å². The highest BCUT2D eigenvalue weighted by atomic mass is 79.9.